The second-order valence-electron chi connectivity index (χ2n) is 7.18. The number of rotatable bonds is 5. The zero-order chi connectivity index (χ0) is 21.1. The molecule has 0 saturated heterocycles. The SMILES string of the molecule is CC1=C(C(=O)OC(C)C)C(c2cccc([N+](=O)[O-])c2)C(c2cccnc2)=C(C)N1. The summed E-state index contributed by atoms with van der Waals surface area (Å²) in [5.74, 6) is -0.970. The molecule has 0 amide bonds. The Balaban J connectivity index is 2.23. The zero-order valence-corrected chi connectivity index (χ0v) is 16.8. The molecule has 0 fully saturated rings. The number of nitrogens with zero attached hydrogens (tertiary/aromatic N) is 2. The number of non-ortho nitro benzene ring substituents is 1. The third kappa shape index (κ3) is 4.18. The molecule has 3 rings (SSSR count). The molecular weight excluding hydrogens is 370 g/mol. The van der Waals surface area contributed by atoms with E-state index in [1.807, 2.05) is 26.0 Å². The number of nitro benzene ring substituents is 1. The fourth-order valence-electron chi connectivity index (χ4n) is 3.60. The number of benzene rings is 1. The largest absolute Gasteiger partial charge is 0.460 e. The molecule has 1 unspecified atom stereocenters. The van der Waals surface area contributed by atoms with Gasteiger partial charge in [0.05, 0.1) is 16.6 Å². The number of aromatic nitrogens is 1. The number of allylic oxidation sites excluding steroid dienone is 3. The Bertz CT molecular complexity index is 1010. The fraction of sp³-hybridized carbons (Fsp3) is 0.273. The smallest absolute Gasteiger partial charge is 0.337 e. The van der Waals surface area contributed by atoms with E-state index < -0.39 is 16.8 Å². The summed E-state index contributed by atoms with van der Waals surface area (Å²) in [6.45, 7) is 7.30. The number of esters is 1. The summed E-state index contributed by atoms with van der Waals surface area (Å²) in [5.41, 5.74) is 4.23. The maximum absolute atomic E-state index is 13.0. The molecule has 1 aromatic heterocycles. The second-order valence-corrected chi connectivity index (χ2v) is 7.18. The number of hydrogen-bond acceptors (Lipinski definition) is 6. The maximum Gasteiger partial charge on any atom is 0.337 e. The van der Waals surface area contributed by atoms with Crippen LogP contribution in [0.2, 0.25) is 0 Å². The van der Waals surface area contributed by atoms with Crippen LogP contribution >= 0.6 is 0 Å². The molecule has 1 aliphatic rings. The second kappa shape index (κ2) is 8.26. The van der Waals surface area contributed by atoms with Gasteiger partial charge in [0.2, 0.25) is 0 Å². The summed E-state index contributed by atoms with van der Waals surface area (Å²) < 4.78 is 5.50. The van der Waals surface area contributed by atoms with Gasteiger partial charge in [0.15, 0.2) is 0 Å². The highest BCUT2D eigenvalue weighted by Gasteiger charge is 2.35. The van der Waals surface area contributed by atoms with Crippen molar-refractivity contribution in [2.75, 3.05) is 0 Å². The van der Waals surface area contributed by atoms with Crippen LogP contribution in [0.15, 0.2) is 65.8 Å². The van der Waals surface area contributed by atoms with Crippen molar-refractivity contribution in [1.29, 1.82) is 0 Å². The molecule has 1 N–H and O–H groups in total. The van der Waals surface area contributed by atoms with E-state index in [-0.39, 0.29) is 11.8 Å². The number of nitrogens with one attached hydrogen (secondary N) is 1. The highest BCUT2D eigenvalue weighted by Crippen LogP contribution is 2.44. The Morgan fingerprint density at radius 1 is 1.21 bits per heavy atom. The Hall–Kier alpha value is -3.48. The molecule has 0 radical (unpaired) electrons. The minimum absolute atomic E-state index is 0.0292. The van der Waals surface area contributed by atoms with Gasteiger partial charge >= 0.3 is 5.97 Å². The average molecular weight is 393 g/mol. The van der Waals surface area contributed by atoms with E-state index in [2.05, 4.69) is 10.3 Å². The van der Waals surface area contributed by atoms with Gasteiger partial charge in [0.1, 0.15) is 0 Å². The number of pyridine rings is 1. The van der Waals surface area contributed by atoms with Gasteiger partial charge in [-0.2, -0.15) is 0 Å². The summed E-state index contributed by atoms with van der Waals surface area (Å²) in [5, 5.41) is 14.6. The van der Waals surface area contributed by atoms with E-state index in [0.717, 1.165) is 16.8 Å². The number of ether oxygens (including phenoxy) is 1. The molecule has 0 aliphatic carbocycles. The van der Waals surface area contributed by atoms with Gasteiger partial charge in [0, 0.05) is 41.8 Å². The minimum atomic E-state index is -0.522. The van der Waals surface area contributed by atoms with Crippen LogP contribution in [-0.2, 0) is 9.53 Å². The highest BCUT2D eigenvalue weighted by atomic mass is 16.6. The van der Waals surface area contributed by atoms with Crippen LogP contribution in [0.5, 0.6) is 0 Å². The lowest BCUT2D eigenvalue weighted by molar-refractivity contribution is -0.384. The molecule has 2 aromatic rings. The summed E-state index contributed by atoms with van der Waals surface area (Å²) in [6.07, 6.45) is 3.10. The molecule has 1 atom stereocenters. The minimum Gasteiger partial charge on any atom is -0.460 e. The molecule has 0 spiro atoms. The molecule has 0 bridgehead atoms. The van der Waals surface area contributed by atoms with Gasteiger partial charge in [0.25, 0.3) is 5.69 Å². The first-order valence-corrected chi connectivity index (χ1v) is 9.34. The molecule has 7 nitrogen and oxygen atoms in total. The van der Waals surface area contributed by atoms with Gasteiger partial charge in [-0.3, -0.25) is 15.1 Å². The first-order valence-electron chi connectivity index (χ1n) is 9.34. The molecule has 29 heavy (non-hydrogen) atoms. The molecule has 1 aliphatic heterocycles. The van der Waals surface area contributed by atoms with E-state index in [0.29, 0.717) is 16.8 Å². The first kappa shape index (κ1) is 20.3. The number of carbonyl (C=O) groups is 1. The first-order chi connectivity index (χ1) is 13.8. The number of dihydropyridines is 1. The summed E-state index contributed by atoms with van der Waals surface area (Å²) in [4.78, 5) is 28.1. The Kier molecular flexibility index (Phi) is 5.77. The topological polar surface area (TPSA) is 94.4 Å². The van der Waals surface area contributed by atoms with Crippen LogP contribution in [0.1, 0.15) is 44.7 Å². The average Bonchev–Trinajstić information content (AvgIpc) is 2.67. The Morgan fingerprint density at radius 2 is 1.97 bits per heavy atom. The normalized spacial score (nSPS) is 16.7. The quantitative estimate of drug-likeness (QED) is 0.461. The molecule has 7 heteroatoms. The third-order valence-electron chi connectivity index (χ3n) is 4.71. The van der Waals surface area contributed by atoms with E-state index in [9.17, 15) is 14.9 Å². The van der Waals surface area contributed by atoms with Crippen LogP contribution in [0.4, 0.5) is 5.69 Å². The molecule has 150 valence electrons. The maximum atomic E-state index is 13.0. The zero-order valence-electron chi connectivity index (χ0n) is 16.8. The summed E-state index contributed by atoms with van der Waals surface area (Å²) in [6, 6.07) is 10.1. The van der Waals surface area contributed by atoms with Crippen molar-refractivity contribution in [3.05, 3.63) is 87.0 Å². The van der Waals surface area contributed by atoms with E-state index in [4.69, 9.17) is 4.74 Å². The van der Waals surface area contributed by atoms with Crippen molar-refractivity contribution < 1.29 is 14.5 Å². The monoisotopic (exact) mass is 393 g/mol. The van der Waals surface area contributed by atoms with Crippen molar-refractivity contribution in [3.63, 3.8) is 0 Å². The molecular formula is C22H23N3O4. The summed E-state index contributed by atoms with van der Waals surface area (Å²) in [7, 11) is 0. The van der Waals surface area contributed by atoms with Crippen molar-refractivity contribution in [2.45, 2.75) is 39.7 Å². The van der Waals surface area contributed by atoms with Crippen molar-refractivity contribution in [1.82, 2.24) is 10.3 Å². The van der Waals surface area contributed by atoms with Crippen molar-refractivity contribution in [2.24, 2.45) is 0 Å². The predicted molar refractivity (Wildman–Crippen MR) is 110 cm³/mol. The standard InChI is InChI=1S/C22H23N3O4/c1-13(2)29-22(26)20-15(4)24-14(3)19(17-8-6-10-23-12-17)21(20)16-7-5-9-18(11-16)25(27)28/h5-13,21,24H,1-4H3. The summed E-state index contributed by atoms with van der Waals surface area (Å²) >= 11 is 0. The van der Waals surface area contributed by atoms with Gasteiger partial charge in [-0.15, -0.1) is 0 Å². The Labute approximate surface area is 169 Å². The van der Waals surface area contributed by atoms with Crippen LogP contribution in [0.25, 0.3) is 5.57 Å². The fourth-order valence-corrected chi connectivity index (χ4v) is 3.60. The predicted octanol–water partition coefficient (Wildman–Crippen LogP) is 4.33. The van der Waals surface area contributed by atoms with E-state index in [1.165, 1.54) is 12.1 Å². The lowest BCUT2D eigenvalue weighted by atomic mass is 9.78. The van der Waals surface area contributed by atoms with Crippen LogP contribution in [0.3, 0.4) is 0 Å². The van der Waals surface area contributed by atoms with Crippen molar-refractivity contribution >= 4 is 17.2 Å². The Morgan fingerprint density at radius 3 is 2.59 bits per heavy atom. The lowest BCUT2D eigenvalue weighted by Gasteiger charge is -2.32. The third-order valence-corrected chi connectivity index (χ3v) is 4.71. The van der Waals surface area contributed by atoms with Gasteiger partial charge in [-0.05, 0) is 50.5 Å². The van der Waals surface area contributed by atoms with Gasteiger partial charge < -0.3 is 10.1 Å². The van der Waals surface area contributed by atoms with Crippen LogP contribution in [-0.4, -0.2) is 22.0 Å². The lowest BCUT2D eigenvalue weighted by Crippen LogP contribution is -2.29. The van der Waals surface area contributed by atoms with Crippen LogP contribution in [0, 0.1) is 10.1 Å². The number of nitro groups is 1. The molecule has 2 heterocycles. The van der Waals surface area contributed by atoms with Gasteiger partial charge in [-0.25, -0.2) is 4.79 Å². The van der Waals surface area contributed by atoms with E-state index in [1.54, 1.807) is 38.4 Å². The van der Waals surface area contributed by atoms with Gasteiger partial charge in [-0.1, -0.05) is 18.2 Å². The van der Waals surface area contributed by atoms with E-state index >= 15 is 0 Å². The molecule has 1 aromatic carbocycles. The number of carbonyl (C=O) groups excluding carboxylic acids is 1. The van der Waals surface area contributed by atoms with Crippen LogP contribution < -0.4 is 5.32 Å². The highest BCUT2D eigenvalue weighted by molar-refractivity contribution is 5.97. The van der Waals surface area contributed by atoms with Crippen molar-refractivity contribution in [3.8, 4) is 0 Å². The molecule has 0 saturated carbocycles. The number of hydrogen-bond donors (Lipinski definition) is 1.